The zero-order valence-electron chi connectivity index (χ0n) is 16.5. The largest absolute Gasteiger partial charge is 0.493 e. The van der Waals surface area contributed by atoms with E-state index in [1.165, 1.54) is 11.0 Å². The number of thiophene rings is 1. The van der Waals surface area contributed by atoms with Crippen LogP contribution in [-0.4, -0.2) is 12.5 Å². The van der Waals surface area contributed by atoms with Gasteiger partial charge in [0.2, 0.25) is 5.91 Å². The van der Waals surface area contributed by atoms with Crippen molar-refractivity contribution in [3.05, 3.63) is 51.9 Å². The van der Waals surface area contributed by atoms with Crippen molar-refractivity contribution in [1.29, 1.82) is 5.26 Å². The van der Waals surface area contributed by atoms with E-state index >= 15 is 0 Å². The molecule has 1 aromatic carbocycles. The number of amides is 1. The normalized spacial score (nSPS) is 15.8. The molecule has 0 fully saturated rings. The first-order chi connectivity index (χ1) is 13.6. The van der Waals surface area contributed by atoms with Gasteiger partial charge in [-0.1, -0.05) is 38.5 Å². The number of hydrogen-bond donors (Lipinski definition) is 1. The number of nitrogens with zero attached hydrogens (tertiary/aromatic N) is 1. The molecule has 1 atom stereocenters. The number of nitrogens with one attached hydrogen (secondary N) is 1. The van der Waals surface area contributed by atoms with Crippen molar-refractivity contribution < 1.29 is 9.53 Å². The molecule has 0 saturated heterocycles. The van der Waals surface area contributed by atoms with Crippen molar-refractivity contribution in [3.63, 3.8) is 0 Å². The standard InChI is InChI=1S/C23H26N2O2S/c1-3-4-13-27-20-8-6-5-7-17(20)10-12-22(26)25-23-19(15-24)18-11-9-16(2)14-21(18)28-23/h5-8,10,12,16H,3-4,9,11,13-14H2,1-2H3,(H,25,26)/b12-10+. The van der Waals surface area contributed by atoms with Crippen LogP contribution in [0.3, 0.4) is 0 Å². The lowest BCUT2D eigenvalue weighted by atomic mass is 9.89. The fraction of sp³-hybridized carbons (Fsp3) is 0.391. The third kappa shape index (κ3) is 4.82. The molecule has 0 bridgehead atoms. The molecule has 1 unspecified atom stereocenters. The maximum atomic E-state index is 12.5. The van der Waals surface area contributed by atoms with Gasteiger partial charge in [-0.3, -0.25) is 4.79 Å². The maximum Gasteiger partial charge on any atom is 0.249 e. The number of hydrogen-bond acceptors (Lipinski definition) is 4. The second-order valence-electron chi connectivity index (χ2n) is 7.23. The summed E-state index contributed by atoms with van der Waals surface area (Å²) in [4.78, 5) is 13.7. The van der Waals surface area contributed by atoms with Gasteiger partial charge in [-0.15, -0.1) is 11.3 Å². The molecule has 5 heteroatoms. The van der Waals surface area contributed by atoms with E-state index in [-0.39, 0.29) is 5.91 Å². The van der Waals surface area contributed by atoms with Gasteiger partial charge in [0.15, 0.2) is 0 Å². The highest BCUT2D eigenvalue weighted by Crippen LogP contribution is 2.39. The average molecular weight is 395 g/mol. The molecule has 2 aromatic rings. The van der Waals surface area contributed by atoms with Crippen molar-refractivity contribution in [1.82, 2.24) is 0 Å². The van der Waals surface area contributed by atoms with Crippen LogP contribution in [0.2, 0.25) is 0 Å². The minimum Gasteiger partial charge on any atom is -0.493 e. The molecule has 4 nitrogen and oxygen atoms in total. The first kappa shape index (κ1) is 20.2. The molecule has 1 aliphatic carbocycles. The Labute approximate surface area is 170 Å². The quantitative estimate of drug-likeness (QED) is 0.493. The number of anilines is 1. The summed E-state index contributed by atoms with van der Waals surface area (Å²) in [5.41, 5.74) is 2.63. The van der Waals surface area contributed by atoms with Gasteiger partial charge in [-0.2, -0.15) is 5.26 Å². The van der Waals surface area contributed by atoms with E-state index < -0.39 is 0 Å². The molecule has 1 aromatic heterocycles. The van der Waals surface area contributed by atoms with E-state index in [1.54, 1.807) is 17.4 Å². The molecular formula is C23H26N2O2S. The van der Waals surface area contributed by atoms with E-state index in [2.05, 4.69) is 25.2 Å². The van der Waals surface area contributed by atoms with Gasteiger partial charge in [0.05, 0.1) is 12.2 Å². The van der Waals surface area contributed by atoms with Crippen LogP contribution in [0.5, 0.6) is 5.75 Å². The highest BCUT2D eigenvalue weighted by atomic mass is 32.1. The summed E-state index contributed by atoms with van der Waals surface area (Å²) in [5, 5.41) is 13.1. The molecule has 0 saturated carbocycles. The number of benzene rings is 1. The van der Waals surface area contributed by atoms with Gasteiger partial charge in [-0.05, 0) is 49.3 Å². The van der Waals surface area contributed by atoms with Crippen molar-refractivity contribution >= 4 is 28.3 Å². The molecule has 0 radical (unpaired) electrons. The van der Waals surface area contributed by atoms with Gasteiger partial charge >= 0.3 is 0 Å². The first-order valence-corrected chi connectivity index (χ1v) is 10.7. The Kier molecular flexibility index (Phi) is 6.89. The second kappa shape index (κ2) is 9.57. The molecule has 1 aliphatic rings. The van der Waals surface area contributed by atoms with Gasteiger partial charge in [0, 0.05) is 16.5 Å². The van der Waals surface area contributed by atoms with E-state index in [4.69, 9.17) is 4.74 Å². The van der Waals surface area contributed by atoms with Crippen molar-refractivity contribution in [2.24, 2.45) is 5.92 Å². The predicted molar refractivity (Wildman–Crippen MR) is 115 cm³/mol. The minimum absolute atomic E-state index is 0.230. The van der Waals surface area contributed by atoms with Crippen LogP contribution in [0.25, 0.3) is 6.08 Å². The molecule has 28 heavy (non-hydrogen) atoms. The Morgan fingerprint density at radius 2 is 2.25 bits per heavy atom. The smallest absolute Gasteiger partial charge is 0.249 e. The molecular weight excluding hydrogens is 368 g/mol. The summed E-state index contributed by atoms with van der Waals surface area (Å²) in [5.74, 6) is 1.18. The van der Waals surface area contributed by atoms with Gasteiger partial charge < -0.3 is 10.1 Å². The van der Waals surface area contributed by atoms with Crippen molar-refractivity contribution in [3.8, 4) is 11.8 Å². The lowest BCUT2D eigenvalue weighted by molar-refractivity contribution is -0.111. The number of nitriles is 1. The zero-order valence-corrected chi connectivity index (χ0v) is 17.3. The molecule has 0 aliphatic heterocycles. The fourth-order valence-corrected chi connectivity index (χ4v) is 4.72. The number of ether oxygens (including phenoxy) is 1. The third-order valence-electron chi connectivity index (χ3n) is 4.95. The molecule has 1 amide bonds. The minimum atomic E-state index is -0.230. The summed E-state index contributed by atoms with van der Waals surface area (Å²) in [6.07, 6.45) is 8.35. The SMILES string of the molecule is CCCCOc1ccccc1/C=C/C(=O)Nc1sc2c(c1C#N)CCC(C)C2. The Balaban J connectivity index is 1.71. The predicted octanol–water partition coefficient (Wildman–Crippen LogP) is 5.58. The van der Waals surface area contributed by atoms with Gasteiger partial charge in [0.25, 0.3) is 0 Å². The van der Waals surface area contributed by atoms with Crippen LogP contribution in [0.15, 0.2) is 30.3 Å². The van der Waals surface area contributed by atoms with Gasteiger partial charge in [0.1, 0.15) is 16.8 Å². The number of rotatable bonds is 7. The molecule has 3 rings (SSSR count). The Morgan fingerprint density at radius 3 is 3.04 bits per heavy atom. The number of fused-ring (bicyclic) bond motifs is 1. The zero-order chi connectivity index (χ0) is 19.9. The average Bonchev–Trinajstić information content (AvgIpc) is 3.03. The summed E-state index contributed by atoms with van der Waals surface area (Å²) in [6, 6.07) is 9.98. The molecule has 146 valence electrons. The maximum absolute atomic E-state index is 12.5. The number of carbonyl (C=O) groups excluding carboxylic acids is 1. The van der Waals surface area contributed by atoms with Crippen LogP contribution < -0.4 is 10.1 Å². The Hall–Kier alpha value is -2.58. The number of carbonyl (C=O) groups is 1. The van der Waals surface area contributed by atoms with Crippen molar-refractivity contribution in [2.45, 2.75) is 46.0 Å². The topological polar surface area (TPSA) is 62.1 Å². The highest BCUT2D eigenvalue weighted by Gasteiger charge is 2.24. The lowest BCUT2D eigenvalue weighted by Crippen LogP contribution is -2.10. The third-order valence-corrected chi connectivity index (χ3v) is 6.12. The number of unbranched alkanes of at least 4 members (excludes halogenated alkanes) is 1. The monoisotopic (exact) mass is 394 g/mol. The first-order valence-electron chi connectivity index (χ1n) is 9.87. The summed E-state index contributed by atoms with van der Waals surface area (Å²) in [6.45, 7) is 5.02. The van der Waals surface area contributed by atoms with Crippen LogP contribution in [0.4, 0.5) is 5.00 Å². The molecule has 1 heterocycles. The summed E-state index contributed by atoms with van der Waals surface area (Å²) >= 11 is 1.54. The lowest BCUT2D eigenvalue weighted by Gasteiger charge is -2.17. The Morgan fingerprint density at radius 1 is 1.43 bits per heavy atom. The fourth-order valence-electron chi connectivity index (χ4n) is 3.35. The Bertz CT molecular complexity index is 908. The van der Waals surface area contributed by atoms with Crippen LogP contribution in [0.1, 0.15) is 54.7 Å². The van der Waals surface area contributed by atoms with E-state index in [1.807, 2.05) is 24.3 Å². The highest BCUT2D eigenvalue weighted by molar-refractivity contribution is 7.16. The van der Waals surface area contributed by atoms with Crippen LogP contribution >= 0.6 is 11.3 Å². The van der Waals surface area contributed by atoms with E-state index in [0.29, 0.717) is 23.1 Å². The second-order valence-corrected chi connectivity index (χ2v) is 8.34. The molecule has 0 spiro atoms. The number of para-hydroxylation sites is 1. The van der Waals surface area contributed by atoms with E-state index in [9.17, 15) is 10.1 Å². The summed E-state index contributed by atoms with van der Waals surface area (Å²) in [7, 11) is 0. The van der Waals surface area contributed by atoms with Gasteiger partial charge in [-0.25, -0.2) is 0 Å². The van der Waals surface area contributed by atoms with E-state index in [0.717, 1.165) is 49.0 Å². The van der Waals surface area contributed by atoms with Crippen molar-refractivity contribution in [2.75, 3.05) is 11.9 Å². The summed E-state index contributed by atoms with van der Waals surface area (Å²) < 4.78 is 5.81. The molecule has 1 N–H and O–H groups in total. The van der Waals surface area contributed by atoms with Crippen LogP contribution in [0, 0.1) is 17.2 Å². The van der Waals surface area contributed by atoms with Crippen LogP contribution in [-0.2, 0) is 17.6 Å².